The molecule has 1 aromatic rings. The second kappa shape index (κ2) is 2.51. The van der Waals surface area contributed by atoms with Crippen molar-refractivity contribution in [1.82, 2.24) is 0 Å². The minimum atomic E-state index is -0.709. The predicted molar refractivity (Wildman–Crippen MR) is 53.2 cm³/mol. The molecule has 0 spiro atoms. The summed E-state index contributed by atoms with van der Waals surface area (Å²) in [6.45, 7) is 0. The smallest absolute Gasteiger partial charge is 0.121 e. The third-order valence-corrected chi connectivity index (χ3v) is 3.76. The first-order valence-corrected chi connectivity index (χ1v) is 5.28. The first-order valence-electron chi connectivity index (χ1n) is 5.28. The molecule has 0 bridgehead atoms. The molecular formula is C12H14O2. The largest absolute Gasteiger partial charge is 0.508 e. The van der Waals surface area contributed by atoms with Gasteiger partial charge < -0.3 is 10.2 Å². The SMILES string of the molecule is Oc1cccc2c1C1(O)CCCCC21. The van der Waals surface area contributed by atoms with Gasteiger partial charge in [0.15, 0.2) is 0 Å². The van der Waals surface area contributed by atoms with Gasteiger partial charge in [0.1, 0.15) is 11.4 Å². The molecule has 0 saturated heterocycles. The summed E-state index contributed by atoms with van der Waals surface area (Å²) in [5, 5.41) is 20.1. The summed E-state index contributed by atoms with van der Waals surface area (Å²) in [6, 6.07) is 5.56. The normalized spacial score (nSPS) is 34.2. The summed E-state index contributed by atoms with van der Waals surface area (Å²) in [6.07, 6.45) is 4.14. The van der Waals surface area contributed by atoms with Gasteiger partial charge in [-0.15, -0.1) is 0 Å². The zero-order valence-corrected chi connectivity index (χ0v) is 8.03. The van der Waals surface area contributed by atoms with Crippen LogP contribution in [-0.2, 0) is 5.60 Å². The van der Waals surface area contributed by atoms with Gasteiger partial charge >= 0.3 is 0 Å². The minimum absolute atomic E-state index is 0.267. The quantitative estimate of drug-likeness (QED) is 0.658. The number of phenols is 1. The Morgan fingerprint density at radius 3 is 3.00 bits per heavy atom. The van der Waals surface area contributed by atoms with Crippen molar-refractivity contribution in [3.8, 4) is 5.75 Å². The first-order chi connectivity index (χ1) is 6.73. The Morgan fingerprint density at radius 2 is 2.14 bits per heavy atom. The topological polar surface area (TPSA) is 40.5 Å². The van der Waals surface area contributed by atoms with Crippen LogP contribution in [0.2, 0.25) is 0 Å². The van der Waals surface area contributed by atoms with E-state index in [4.69, 9.17) is 0 Å². The predicted octanol–water partition coefficient (Wildman–Crippen LogP) is 2.25. The minimum Gasteiger partial charge on any atom is -0.508 e. The second-order valence-corrected chi connectivity index (χ2v) is 4.46. The molecule has 0 heterocycles. The molecule has 1 aromatic carbocycles. The Kier molecular flexibility index (Phi) is 1.49. The van der Waals surface area contributed by atoms with Crippen LogP contribution < -0.4 is 0 Å². The zero-order chi connectivity index (χ0) is 9.76. The van der Waals surface area contributed by atoms with E-state index in [9.17, 15) is 10.2 Å². The Labute approximate surface area is 83.2 Å². The summed E-state index contributed by atoms with van der Waals surface area (Å²) in [5.74, 6) is 0.543. The van der Waals surface area contributed by atoms with Crippen molar-refractivity contribution in [1.29, 1.82) is 0 Å². The third kappa shape index (κ3) is 0.800. The summed E-state index contributed by atoms with van der Waals surface area (Å²) < 4.78 is 0. The van der Waals surface area contributed by atoms with Gasteiger partial charge in [0.05, 0.1) is 0 Å². The van der Waals surface area contributed by atoms with Crippen LogP contribution in [0.3, 0.4) is 0 Å². The van der Waals surface area contributed by atoms with Crippen LogP contribution in [0.15, 0.2) is 18.2 Å². The lowest BCUT2D eigenvalue weighted by molar-refractivity contribution is -0.0513. The number of hydrogen-bond donors (Lipinski definition) is 2. The van der Waals surface area contributed by atoms with Gasteiger partial charge in [0.25, 0.3) is 0 Å². The van der Waals surface area contributed by atoms with E-state index in [2.05, 4.69) is 0 Å². The molecule has 2 aliphatic carbocycles. The molecule has 2 atom stereocenters. The molecule has 0 aromatic heterocycles. The molecule has 2 N–H and O–H groups in total. The van der Waals surface area contributed by atoms with Crippen molar-refractivity contribution < 1.29 is 10.2 Å². The molecule has 2 unspecified atom stereocenters. The molecule has 0 radical (unpaired) electrons. The number of fused-ring (bicyclic) bond motifs is 4. The Bertz CT molecular complexity index is 386. The van der Waals surface area contributed by atoms with E-state index in [0.29, 0.717) is 0 Å². The fraction of sp³-hybridized carbons (Fsp3) is 0.500. The molecule has 3 rings (SSSR count). The van der Waals surface area contributed by atoms with E-state index in [-0.39, 0.29) is 11.7 Å². The van der Waals surface area contributed by atoms with Crippen LogP contribution in [0, 0.1) is 0 Å². The molecule has 14 heavy (non-hydrogen) atoms. The standard InChI is InChI=1S/C12H14O2/c13-10-6-3-4-8-9-5-1-2-7-12(9,14)11(8)10/h3-4,6,9,13-14H,1-2,5,7H2. The maximum atomic E-state index is 10.4. The van der Waals surface area contributed by atoms with Crippen LogP contribution in [0.4, 0.5) is 0 Å². The number of rotatable bonds is 0. The van der Waals surface area contributed by atoms with Gasteiger partial charge in [-0.3, -0.25) is 0 Å². The highest BCUT2D eigenvalue weighted by Crippen LogP contribution is 2.59. The Hall–Kier alpha value is -1.02. The van der Waals surface area contributed by atoms with Crippen molar-refractivity contribution in [3.63, 3.8) is 0 Å². The van der Waals surface area contributed by atoms with Gasteiger partial charge in [-0.2, -0.15) is 0 Å². The number of phenolic OH excluding ortho intramolecular Hbond substituents is 1. The van der Waals surface area contributed by atoms with E-state index in [0.717, 1.165) is 30.4 Å². The van der Waals surface area contributed by atoms with Gasteiger partial charge in [-0.25, -0.2) is 0 Å². The number of benzene rings is 1. The molecule has 2 aliphatic rings. The van der Waals surface area contributed by atoms with Crippen molar-refractivity contribution in [3.05, 3.63) is 29.3 Å². The fourth-order valence-corrected chi connectivity index (χ4v) is 3.11. The average Bonchev–Trinajstić information content (AvgIpc) is 2.16. The van der Waals surface area contributed by atoms with E-state index in [1.54, 1.807) is 6.07 Å². The lowest BCUT2D eigenvalue weighted by Gasteiger charge is -2.50. The number of hydrogen-bond acceptors (Lipinski definition) is 2. The average molecular weight is 190 g/mol. The van der Waals surface area contributed by atoms with Crippen LogP contribution in [0.25, 0.3) is 0 Å². The molecule has 0 aliphatic heterocycles. The van der Waals surface area contributed by atoms with Gasteiger partial charge in [0, 0.05) is 11.5 Å². The third-order valence-electron chi connectivity index (χ3n) is 3.76. The lowest BCUT2D eigenvalue weighted by Crippen LogP contribution is -2.45. The van der Waals surface area contributed by atoms with Crippen LogP contribution in [-0.4, -0.2) is 10.2 Å². The highest BCUT2D eigenvalue weighted by Gasteiger charge is 2.52. The highest BCUT2D eigenvalue weighted by molar-refractivity contribution is 5.55. The highest BCUT2D eigenvalue weighted by atomic mass is 16.3. The summed E-state index contributed by atoms with van der Waals surface area (Å²) in [4.78, 5) is 0. The van der Waals surface area contributed by atoms with E-state index in [1.807, 2.05) is 12.1 Å². The monoisotopic (exact) mass is 190 g/mol. The first kappa shape index (κ1) is 8.30. The van der Waals surface area contributed by atoms with Gasteiger partial charge in [-0.1, -0.05) is 25.0 Å². The molecular weight excluding hydrogens is 176 g/mol. The maximum absolute atomic E-state index is 10.4. The van der Waals surface area contributed by atoms with Crippen LogP contribution >= 0.6 is 0 Å². The van der Waals surface area contributed by atoms with Crippen molar-refractivity contribution >= 4 is 0 Å². The number of aromatic hydroxyl groups is 1. The molecule has 1 fully saturated rings. The van der Waals surface area contributed by atoms with Gasteiger partial charge in [0.2, 0.25) is 0 Å². The molecule has 2 heteroatoms. The van der Waals surface area contributed by atoms with Crippen molar-refractivity contribution in [2.24, 2.45) is 0 Å². The Morgan fingerprint density at radius 1 is 1.29 bits per heavy atom. The van der Waals surface area contributed by atoms with Crippen molar-refractivity contribution in [2.75, 3.05) is 0 Å². The van der Waals surface area contributed by atoms with Crippen LogP contribution in [0.1, 0.15) is 42.7 Å². The number of aliphatic hydroxyl groups is 1. The van der Waals surface area contributed by atoms with E-state index < -0.39 is 5.60 Å². The van der Waals surface area contributed by atoms with E-state index >= 15 is 0 Å². The molecule has 2 nitrogen and oxygen atoms in total. The summed E-state index contributed by atoms with van der Waals surface area (Å²) >= 11 is 0. The molecule has 0 amide bonds. The molecule has 1 saturated carbocycles. The Balaban J connectivity index is 2.16. The van der Waals surface area contributed by atoms with Crippen molar-refractivity contribution in [2.45, 2.75) is 37.2 Å². The van der Waals surface area contributed by atoms with Crippen LogP contribution in [0.5, 0.6) is 5.75 Å². The second-order valence-electron chi connectivity index (χ2n) is 4.46. The molecule has 74 valence electrons. The lowest BCUT2D eigenvalue weighted by atomic mass is 9.58. The van der Waals surface area contributed by atoms with Gasteiger partial charge in [-0.05, 0) is 24.5 Å². The zero-order valence-electron chi connectivity index (χ0n) is 8.03. The summed E-state index contributed by atoms with van der Waals surface area (Å²) in [5.41, 5.74) is 1.25. The maximum Gasteiger partial charge on any atom is 0.121 e. The van der Waals surface area contributed by atoms with E-state index in [1.165, 1.54) is 6.42 Å². The fourth-order valence-electron chi connectivity index (χ4n) is 3.11. The summed E-state index contributed by atoms with van der Waals surface area (Å²) in [7, 11) is 0.